The van der Waals surface area contributed by atoms with Crippen molar-refractivity contribution in [1.82, 2.24) is 4.57 Å². The molecule has 1 N–H and O–H groups in total. The topological polar surface area (TPSA) is 59.3 Å². The Bertz CT molecular complexity index is 1260. The van der Waals surface area contributed by atoms with Crippen LogP contribution < -0.4 is 5.43 Å². The quantitative estimate of drug-likeness (QED) is 0.482. The monoisotopic (exact) mass is 397 g/mol. The Kier molecular flexibility index (Phi) is 4.38. The van der Waals surface area contributed by atoms with E-state index in [0.29, 0.717) is 21.8 Å². The van der Waals surface area contributed by atoms with Crippen molar-refractivity contribution in [2.24, 2.45) is 0 Å². The van der Waals surface area contributed by atoms with Crippen LogP contribution in [0.3, 0.4) is 0 Å². The van der Waals surface area contributed by atoms with Crippen LogP contribution in [0.5, 0.6) is 0 Å². The molecular weight excluding hydrogens is 385 g/mol. The van der Waals surface area contributed by atoms with Gasteiger partial charge in [0.1, 0.15) is 6.54 Å². The number of nitrogens with zero attached hydrogens (tertiary/aromatic N) is 1. The standard InChI is InChI=1S/C21H13Cl2NO3/c22-16-9-8-15-20(19(16)23)24(11-18(25)26)17-10-13(6-7-14(17)21(15)27)12-4-2-1-3-5-12/h1-10H,11H2,(H,25,26). The molecule has 0 spiro atoms. The van der Waals surface area contributed by atoms with Crippen LogP contribution in [-0.2, 0) is 11.3 Å². The molecule has 1 heterocycles. The number of benzene rings is 3. The molecule has 0 atom stereocenters. The highest BCUT2D eigenvalue weighted by molar-refractivity contribution is 6.45. The Balaban J connectivity index is 2.17. The lowest BCUT2D eigenvalue weighted by Gasteiger charge is -2.16. The van der Waals surface area contributed by atoms with Gasteiger partial charge in [-0.3, -0.25) is 9.59 Å². The highest BCUT2D eigenvalue weighted by atomic mass is 35.5. The van der Waals surface area contributed by atoms with Crippen LogP contribution in [0.15, 0.2) is 65.5 Å². The number of carboxylic acid groups (broad SMARTS) is 1. The van der Waals surface area contributed by atoms with Crippen LogP contribution in [0.25, 0.3) is 32.9 Å². The van der Waals surface area contributed by atoms with E-state index < -0.39 is 5.97 Å². The first-order chi connectivity index (χ1) is 13.0. The van der Waals surface area contributed by atoms with Gasteiger partial charge in [0.2, 0.25) is 0 Å². The van der Waals surface area contributed by atoms with Gasteiger partial charge in [-0.05, 0) is 35.4 Å². The summed E-state index contributed by atoms with van der Waals surface area (Å²) in [6, 6.07) is 18.2. The van der Waals surface area contributed by atoms with Crippen molar-refractivity contribution in [1.29, 1.82) is 0 Å². The van der Waals surface area contributed by atoms with E-state index in [-0.39, 0.29) is 22.0 Å². The van der Waals surface area contributed by atoms with Crippen molar-refractivity contribution in [3.63, 3.8) is 0 Å². The maximum Gasteiger partial charge on any atom is 0.323 e. The minimum absolute atomic E-state index is 0.166. The van der Waals surface area contributed by atoms with Gasteiger partial charge in [0.05, 0.1) is 21.1 Å². The van der Waals surface area contributed by atoms with E-state index in [4.69, 9.17) is 23.2 Å². The first-order valence-electron chi connectivity index (χ1n) is 8.19. The zero-order chi connectivity index (χ0) is 19.1. The summed E-state index contributed by atoms with van der Waals surface area (Å²) in [5.41, 5.74) is 2.46. The Labute approximate surface area is 164 Å². The molecule has 0 bridgehead atoms. The van der Waals surface area contributed by atoms with Gasteiger partial charge in [-0.2, -0.15) is 0 Å². The number of carboxylic acids is 1. The fourth-order valence-corrected chi connectivity index (χ4v) is 3.73. The minimum Gasteiger partial charge on any atom is -0.480 e. The van der Waals surface area contributed by atoms with Crippen molar-refractivity contribution in [2.75, 3.05) is 0 Å². The number of carbonyl (C=O) groups is 1. The second-order valence-corrected chi connectivity index (χ2v) is 6.95. The highest BCUT2D eigenvalue weighted by Gasteiger charge is 2.17. The van der Waals surface area contributed by atoms with Crippen LogP contribution >= 0.6 is 23.2 Å². The SMILES string of the molecule is O=C(O)Cn1c2cc(-c3ccccc3)ccc2c(=O)c2ccc(Cl)c(Cl)c21. The third-order valence-electron chi connectivity index (χ3n) is 4.52. The fraction of sp³-hybridized carbons (Fsp3) is 0.0476. The van der Waals surface area contributed by atoms with E-state index in [1.54, 1.807) is 18.2 Å². The second kappa shape index (κ2) is 6.72. The van der Waals surface area contributed by atoms with Crippen LogP contribution in [0.1, 0.15) is 0 Å². The van der Waals surface area contributed by atoms with Crippen LogP contribution in [0.2, 0.25) is 10.0 Å². The van der Waals surface area contributed by atoms with E-state index in [9.17, 15) is 14.7 Å². The molecule has 0 saturated heterocycles. The van der Waals surface area contributed by atoms with Crippen molar-refractivity contribution < 1.29 is 9.90 Å². The molecule has 0 radical (unpaired) electrons. The molecule has 27 heavy (non-hydrogen) atoms. The number of halogens is 2. The summed E-state index contributed by atoms with van der Waals surface area (Å²) in [5.74, 6) is -1.04. The molecule has 6 heteroatoms. The van der Waals surface area contributed by atoms with Gasteiger partial charge in [-0.25, -0.2) is 0 Å². The van der Waals surface area contributed by atoms with Gasteiger partial charge in [0.15, 0.2) is 5.43 Å². The lowest BCUT2D eigenvalue weighted by molar-refractivity contribution is -0.137. The summed E-state index contributed by atoms with van der Waals surface area (Å²) in [7, 11) is 0. The third-order valence-corrected chi connectivity index (χ3v) is 5.31. The molecule has 3 aromatic carbocycles. The third kappa shape index (κ3) is 2.97. The number of aromatic nitrogens is 1. The summed E-state index contributed by atoms with van der Waals surface area (Å²) < 4.78 is 1.54. The van der Waals surface area contributed by atoms with E-state index >= 15 is 0 Å². The van der Waals surface area contributed by atoms with Crippen LogP contribution in [0, 0.1) is 0 Å². The Morgan fingerprint density at radius 2 is 1.63 bits per heavy atom. The number of rotatable bonds is 3. The van der Waals surface area contributed by atoms with Gasteiger partial charge in [0.25, 0.3) is 0 Å². The number of hydrogen-bond acceptors (Lipinski definition) is 2. The van der Waals surface area contributed by atoms with Crippen molar-refractivity contribution >= 4 is 51.0 Å². The highest BCUT2D eigenvalue weighted by Crippen LogP contribution is 2.33. The average Bonchev–Trinajstić information content (AvgIpc) is 2.67. The molecule has 0 fully saturated rings. The molecule has 0 saturated carbocycles. The zero-order valence-electron chi connectivity index (χ0n) is 13.9. The molecule has 4 nitrogen and oxygen atoms in total. The van der Waals surface area contributed by atoms with Gasteiger partial charge in [-0.15, -0.1) is 0 Å². The lowest BCUT2D eigenvalue weighted by atomic mass is 10.0. The predicted octanol–water partition coefficient (Wildman–Crippen LogP) is 5.21. The van der Waals surface area contributed by atoms with Crippen molar-refractivity contribution in [3.8, 4) is 11.1 Å². The average molecular weight is 398 g/mol. The second-order valence-electron chi connectivity index (χ2n) is 6.16. The smallest absolute Gasteiger partial charge is 0.323 e. The fourth-order valence-electron chi connectivity index (χ4n) is 3.31. The van der Waals surface area contributed by atoms with Crippen molar-refractivity contribution in [3.05, 3.63) is 80.9 Å². The Morgan fingerprint density at radius 3 is 2.33 bits per heavy atom. The van der Waals surface area contributed by atoms with E-state index in [2.05, 4.69) is 0 Å². The van der Waals surface area contributed by atoms with Crippen LogP contribution in [-0.4, -0.2) is 15.6 Å². The van der Waals surface area contributed by atoms with E-state index in [1.807, 2.05) is 42.5 Å². The van der Waals surface area contributed by atoms with Gasteiger partial charge in [0, 0.05) is 10.8 Å². The summed E-state index contributed by atoms with van der Waals surface area (Å²) in [4.78, 5) is 24.5. The summed E-state index contributed by atoms with van der Waals surface area (Å²) in [6.07, 6.45) is 0. The molecule has 4 rings (SSSR count). The largest absolute Gasteiger partial charge is 0.480 e. The molecular formula is C21H13Cl2NO3. The number of fused-ring (bicyclic) bond motifs is 2. The number of pyridine rings is 1. The maximum atomic E-state index is 13.0. The maximum absolute atomic E-state index is 13.0. The summed E-state index contributed by atoms with van der Waals surface area (Å²) in [6.45, 7) is -0.342. The van der Waals surface area contributed by atoms with Gasteiger partial charge >= 0.3 is 5.97 Å². The normalized spacial score (nSPS) is 11.2. The molecule has 0 aliphatic heterocycles. The Morgan fingerprint density at radius 1 is 0.926 bits per heavy atom. The van der Waals surface area contributed by atoms with Gasteiger partial charge in [-0.1, -0.05) is 59.6 Å². The first kappa shape index (κ1) is 17.6. The van der Waals surface area contributed by atoms with E-state index in [0.717, 1.165) is 11.1 Å². The summed E-state index contributed by atoms with van der Waals surface area (Å²) >= 11 is 12.5. The molecule has 0 amide bonds. The molecule has 1 aromatic heterocycles. The zero-order valence-corrected chi connectivity index (χ0v) is 15.5. The van der Waals surface area contributed by atoms with E-state index in [1.165, 1.54) is 4.57 Å². The Hall–Kier alpha value is -2.82. The van der Waals surface area contributed by atoms with Crippen molar-refractivity contribution in [2.45, 2.75) is 6.54 Å². The first-order valence-corrected chi connectivity index (χ1v) is 8.94. The summed E-state index contributed by atoms with van der Waals surface area (Å²) in [5, 5.41) is 10.6. The molecule has 134 valence electrons. The number of hydrogen-bond donors (Lipinski definition) is 1. The lowest BCUT2D eigenvalue weighted by Crippen LogP contribution is -2.16. The van der Waals surface area contributed by atoms with Crippen LogP contribution in [0.4, 0.5) is 0 Å². The van der Waals surface area contributed by atoms with Gasteiger partial charge < -0.3 is 9.67 Å². The minimum atomic E-state index is -1.04. The molecule has 4 aromatic rings. The molecule has 0 aliphatic rings. The molecule has 0 aliphatic carbocycles. The number of aliphatic carboxylic acids is 1. The molecule has 0 unspecified atom stereocenters. The predicted molar refractivity (Wildman–Crippen MR) is 109 cm³/mol.